The van der Waals surface area contributed by atoms with Crippen LogP contribution in [0.3, 0.4) is 0 Å². The normalized spacial score (nSPS) is 22.5. The Bertz CT molecular complexity index is 1510. The lowest BCUT2D eigenvalue weighted by Crippen LogP contribution is -2.34. The lowest BCUT2D eigenvalue weighted by Gasteiger charge is -2.30. The molecule has 6 nitrogen and oxygen atoms in total. The number of amides is 2. The maximum Gasteiger partial charge on any atom is 0.411 e. The van der Waals surface area contributed by atoms with E-state index in [-0.39, 0.29) is 34.4 Å². The molecule has 9 heteroatoms. The third kappa shape index (κ3) is 6.99. The van der Waals surface area contributed by atoms with E-state index in [9.17, 15) is 18.4 Å². The van der Waals surface area contributed by atoms with Gasteiger partial charge in [-0.1, -0.05) is 68.0 Å². The molecule has 2 amide bonds. The van der Waals surface area contributed by atoms with Gasteiger partial charge in [-0.3, -0.25) is 10.1 Å². The number of ether oxygens (including phenoxy) is 1. The van der Waals surface area contributed by atoms with Gasteiger partial charge in [0.15, 0.2) is 5.82 Å². The average molecular weight is 594 g/mol. The van der Waals surface area contributed by atoms with E-state index in [2.05, 4.69) is 22.5 Å². The van der Waals surface area contributed by atoms with Crippen LogP contribution in [0.15, 0.2) is 79.1 Å². The van der Waals surface area contributed by atoms with Crippen molar-refractivity contribution in [3.63, 3.8) is 0 Å². The molecule has 42 heavy (non-hydrogen) atoms. The molecule has 2 heterocycles. The highest BCUT2D eigenvalue weighted by Crippen LogP contribution is 2.35. The summed E-state index contributed by atoms with van der Waals surface area (Å²) >= 11 is 5.91. The number of carbonyl (C=O) groups excluding carboxylic acids is 2. The Morgan fingerprint density at radius 2 is 2.00 bits per heavy atom. The number of rotatable bonds is 4. The second kappa shape index (κ2) is 13.7. The zero-order valence-electron chi connectivity index (χ0n) is 23.8. The van der Waals surface area contributed by atoms with Crippen LogP contribution < -0.4 is 16.0 Å². The van der Waals surface area contributed by atoms with Crippen molar-refractivity contribution in [1.82, 2.24) is 5.32 Å². The van der Waals surface area contributed by atoms with Crippen LogP contribution in [0.5, 0.6) is 0 Å². The minimum atomic E-state index is -0.807. The number of hydrogen-bond donors (Lipinski definition) is 3. The first-order chi connectivity index (χ1) is 20.1. The Hall–Kier alpha value is -4.17. The van der Waals surface area contributed by atoms with E-state index in [1.807, 2.05) is 44.2 Å². The minimum absolute atomic E-state index is 0.0771. The molecular weight excluding hydrogens is 560 g/mol. The molecule has 0 fully saturated rings. The van der Waals surface area contributed by atoms with Gasteiger partial charge in [-0.2, -0.15) is 0 Å². The molecule has 0 spiro atoms. The third-order valence-electron chi connectivity index (χ3n) is 7.46. The zero-order chi connectivity index (χ0) is 30.4. The number of methoxy groups -OCH3 is 1. The van der Waals surface area contributed by atoms with Crippen LogP contribution in [0.1, 0.15) is 44.2 Å². The summed E-state index contributed by atoms with van der Waals surface area (Å²) in [5, 5.41) is 8.83. The van der Waals surface area contributed by atoms with Gasteiger partial charge in [-0.05, 0) is 55.2 Å². The highest BCUT2D eigenvalue weighted by atomic mass is 35.5. The first-order valence-corrected chi connectivity index (χ1v) is 14.1. The summed E-state index contributed by atoms with van der Waals surface area (Å²) in [6, 6.07) is 7.40. The predicted molar refractivity (Wildman–Crippen MR) is 165 cm³/mol. The molecule has 2 aromatic rings. The second-order valence-corrected chi connectivity index (χ2v) is 10.8. The first kappa shape index (κ1) is 30.8. The molecule has 0 radical (unpaired) electrons. The van der Waals surface area contributed by atoms with Crippen LogP contribution in [-0.2, 0) is 9.53 Å². The van der Waals surface area contributed by atoms with Crippen LogP contribution in [0.4, 0.5) is 25.0 Å². The highest BCUT2D eigenvalue weighted by Gasteiger charge is 2.26. The van der Waals surface area contributed by atoms with E-state index in [0.717, 1.165) is 35.6 Å². The molecule has 3 atom stereocenters. The van der Waals surface area contributed by atoms with Crippen LogP contribution in [0.2, 0.25) is 5.02 Å². The van der Waals surface area contributed by atoms with E-state index in [0.29, 0.717) is 23.4 Å². The lowest BCUT2D eigenvalue weighted by molar-refractivity contribution is -0.119. The number of allylic oxidation sites excluding steroid dienone is 6. The largest absolute Gasteiger partial charge is 0.453 e. The number of hydrogen-bond acceptors (Lipinski definition) is 4. The van der Waals surface area contributed by atoms with Gasteiger partial charge >= 0.3 is 6.09 Å². The average Bonchev–Trinajstić information content (AvgIpc) is 2.97. The number of anilines is 2. The number of dihydropyridines is 1. The maximum absolute atomic E-state index is 14.7. The number of carbonyl (C=O) groups is 2. The monoisotopic (exact) mass is 593 g/mol. The van der Waals surface area contributed by atoms with Crippen molar-refractivity contribution in [3.8, 4) is 0 Å². The molecule has 0 saturated heterocycles. The molecule has 0 saturated carbocycles. The summed E-state index contributed by atoms with van der Waals surface area (Å²) in [5.74, 6) is -1.98. The van der Waals surface area contributed by atoms with E-state index in [1.54, 1.807) is 24.4 Å². The van der Waals surface area contributed by atoms with Crippen molar-refractivity contribution in [2.75, 3.05) is 17.7 Å². The highest BCUT2D eigenvalue weighted by molar-refractivity contribution is 6.31. The molecule has 2 aromatic carbocycles. The molecule has 220 valence electrons. The van der Waals surface area contributed by atoms with Crippen molar-refractivity contribution in [3.05, 3.63) is 107 Å². The van der Waals surface area contributed by atoms with Gasteiger partial charge in [0.05, 0.1) is 29.4 Å². The standard InChI is InChI=1S/C33H34ClF2N3O3/c1-5-7-21-16-20(3)24(28-15-10-22(18-37-28)30-27(35)14-13-26(34)31(30)36)9-6-8-19(2)32(40)39-29-17-23(11-12-25(21)29)38-33(41)42-4/h5,7,10-19,24,28,37H,3,6,8-9H2,1-2,4H3,(H,38,41)(H,39,40)/b7-5-,21-16+. The summed E-state index contributed by atoms with van der Waals surface area (Å²) in [6.07, 6.45) is 12.5. The SMILES string of the molecule is C=C1/C=C(\C=C/C)c2ccc(NC(=O)OC)cc2NC(=O)C(C)CCCC1C1C=CC(c2c(F)ccc(Cl)c2F)=CN1. The van der Waals surface area contributed by atoms with Gasteiger partial charge in [-0.15, -0.1) is 0 Å². The molecule has 3 N–H and O–H groups in total. The Kier molecular flexibility index (Phi) is 10.0. The van der Waals surface area contributed by atoms with Crippen LogP contribution in [-0.4, -0.2) is 25.2 Å². The summed E-state index contributed by atoms with van der Waals surface area (Å²) in [5.41, 5.74) is 3.61. The van der Waals surface area contributed by atoms with E-state index in [1.165, 1.54) is 13.2 Å². The van der Waals surface area contributed by atoms with Crippen molar-refractivity contribution >= 4 is 46.1 Å². The van der Waals surface area contributed by atoms with Gasteiger partial charge in [0.2, 0.25) is 5.91 Å². The van der Waals surface area contributed by atoms with Crippen LogP contribution in [0, 0.1) is 23.5 Å². The molecule has 2 aliphatic rings. The fourth-order valence-electron chi connectivity index (χ4n) is 5.17. The lowest BCUT2D eigenvalue weighted by atomic mass is 9.83. The minimum Gasteiger partial charge on any atom is -0.453 e. The molecule has 0 aromatic heterocycles. The maximum atomic E-state index is 14.7. The molecule has 3 unspecified atom stereocenters. The number of halogens is 3. The fraction of sp³-hybridized carbons (Fsp3) is 0.273. The smallest absolute Gasteiger partial charge is 0.411 e. The van der Waals surface area contributed by atoms with Crippen LogP contribution >= 0.6 is 11.6 Å². The Morgan fingerprint density at radius 3 is 2.69 bits per heavy atom. The molecular formula is C33H34ClF2N3O3. The Balaban J connectivity index is 1.70. The third-order valence-corrected chi connectivity index (χ3v) is 7.76. The summed E-state index contributed by atoms with van der Waals surface area (Å²) in [4.78, 5) is 25.0. The van der Waals surface area contributed by atoms with Gasteiger partial charge in [0.25, 0.3) is 0 Å². The first-order valence-electron chi connectivity index (χ1n) is 13.7. The summed E-state index contributed by atoms with van der Waals surface area (Å²) < 4.78 is 33.9. The number of fused-ring (bicyclic) bond motifs is 1. The zero-order valence-corrected chi connectivity index (χ0v) is 24.5. The van der Waals surface area contributed by atoms with E-state index in [4.69, 9.17) is 16.3 Å². The number of benzene rings is 2. The van der Waals surface area contributed by atoms with E-state index < -0.39 is 17.7 Å². The topological polar surface area (TPSA) is 79.5 Å². The molecule has 0 aliphatic carbocycles. The van der Waals surface area contributed by atoms with Crippen molar-refractivity contribution in [2.24, 2.45) is 11.8 Å². The van der Waals surface area contributed by atoms with Gasteiger partial charge in [0.1, 0.15) is 5.82 Å². The predicted octanol–water partition coefficient (Wildman–Crippen LogP) is 8.26. The summed E-state index contributed by atoms with van der Waals surface area (Å²) in [6.45, 7) is 8.20. The summed E-state index contributed by atoms with van der Waals surface area (Å²) in [7, 11) is 1.28. The molecule has 2 aliphatic heterocycles. The van der Waals surface area contributed by atoms with Crippen LogP contribution in [0.25, 0.3) is 11.1 Å². The van der Waals surface area contributed by atoms with Gasteiger partial charge < -0.3 is 15.4 Å². The molecule has 0 bridgehead atoms. The van der Waals surface area contributed by atoms with E-state index >= 15 is 0 Å². The second-order valence-electron chi connectivity index (χ2n) is 10.3. The Morgan fingerprint density at radius 1 is 1.21 bits per heavy atom. The fourth-order valence-corrected chi connectivity index (χ4v) is 5.33. The van der Waals surface area contributed by atoms with Gasteiger partial charge in [0, 0.05) is 34.9 Å². The van der Waals surface area contributed by atoms with Crippen molar-refractivity contribution < 1.29 is 23.1 Å². The van der Waals surface area contributed by atoms with Crippen molar-refractivity contribution in [2.45, 2.75) is 39.2 Å². The Labute approximate surface area is 249 Å². The van der Waals surface area contributed by atoms with Gasteiger partial charge in [-0.25, -0.2) is 13.6 Å². The number of nitrogens with one attached hydrogen (secondary N) is 3. The molecule has 4 rings (SSSR count). The van der Waals surface area contributed by atoms with Crippen molar-refractivity contribution in [1.29, 1.82) is 0 Å². The quantitative estimate of drug-likeness (QED) is 0.312.